The number of carbonyl (C=O) groups is 1. The van der Waals surface area contributed by atoms with Crippen LogP contribution in [0.1, 0.15) is 174 Å². The van der Waals surface area contributed by atoms with Crippen LogP contribution in [0, 0.1) is 0 Å². The molecule has 0 rings (SSSR count). The number of unbranched alkanes of at least 4 members (excludes halogenated alkanes) is 24. The quantitative estimate of drug-likeness (QED) is 0.0282. The molecule has 0 aromatic carbocycles. The van der Waals surface area contributed by atoms with E-state index in [0.717, 1.165) is 12.8 Å². The van der Waals surface area contributed by atoms with E-state index in [4.69, 9.17) is 18.5 Å². The maximum atomic E-state index is 12.0. The van der Waals surface area contributed by atoms with Gasteiger partial charge in [0.25, 0.3) is 7.82 Å². The van der Waals surface area contributed by atoms with E-state index in [1.807, 2.05) is 21.1 Å². The van der Waals surface area contributed by atoms with Crippen molar-refractivity contribution in [1.29, 1.82) is 0 Å². The van der Waals surface area contributed by atoms with Gasteiger partial charge in [-0.2, -0.15) is 0 Å². The van der Waals surface area contributed by atoms with Crippen LogP contribution in [0.15, 0.2) is 0 Å². The minimum absolute atomic E-state index is 0.0264. The maximum Gasteiger partial charge on any atom is 0.303 e. The van der Waals surface area contributed by atoms with Crippen LogP contribution in [-0.4, -0.2) is 70.7 Å². The number of phosphoric acid groups is 1. The lowest BCUT2D eigenvalue weighted by Crippen LogP contribution is -2.37. The van der Waals surface area contributed by atoms with Crippen LogP contribution in [0.3, 0.4) is 0 Å². The minimum atomic E-state index is -4.47. The molecule has 0 radical (unpaired) electrons. The Labute approximate surface area is 285 Å². The number of quaternary nitrogens is 1. The molecule has 276 valence electrons. The van der Waals surface area contributed by atoms with E-state index in [1.165, 1.54) is 155 Å². The second-order valence-corrected chi connectivity index (χ2v) is 15.8. The van der Waals surface area contributed by atoms with E-state index in [0.29, 0.717) is 17.6 Å². The number of rotatable bonds is 36. The van der Waals surface area contributed by atoms with Crippen molar-refractivity contribution in [2.24, 2.45) is 0 Å². The molecule has 0 spiro atoms. The van der Waals surface area contributed by atoms with Crippen molar-refractivity contribution in [3.63, 3.8) is 0 Å². The molecule has 0 bridgehead atoms. The number of phosphoric ester groups is 1. The number of likely N-dealkylation sites (N-methyl/N-ethyl adjacent to an activating group) is 1. The van der Waals surface area contributed by atoms with Gasteiger partial charge < -0.3 is 27.9 Å². The fourth-order valence-corrected chi connectivity index (χ4v) is 6.28. The molecule has 2 unspecified atom stereocenters. The van der Waals surface area contributed by atoms with Crippen LogP contribution in [0.25, 0.3) is 0 Å². The molecule has 0 aliphatic rings. The van der Waals surface area contributed by atoms with Gasteiger partial charge in [0.05, 0.1) is 34.4 Å². The lowest BCUT2D eigenvalue weighted by atomic mass is 10.0. The number of ether oxygens (including phenoxy) is 2. The summed E-state index contributed by atoms with van der Waals surface area (Å²) in [6.45, 7) is 4.44. The zero-order valence-electron chi connectivity index (χ0n) is 31.0. The summed E-state index contributed by atoms with van der Waals surface area (Å²) in [5.41, 5.74) is 0. The zero-order valence-corrected chi connectivity index (χ0v) is 31.9. The Morgan fingerprint density at radius 2 is 0.957 bits per heavy atom. The van der Waals surface area contributed by atoms with E-state index in [1.54, 1.807) is 0 Å². The molecule has 8 nitrogen and oxygen atoms in total. The number of nitrogens with zero attached hydrogens (tertiary/aromatic N) is 1. The van der Waals surface area contributed by atoms with Gasteiger partial charge in [0.15, 0.2) is 0 Å². The molecule has 0 aromatic heterocycles. The van der Waals surface area contributed by atoms with Crippen molar-refractivity contribution in [2.75, 3.05) is 54.1 Å². The van der Waals surface area contributed by atoms with E-state index in [-0.39, 0.29) is 19.8 Å². The zero-order chi connectivity index (χ0) is 34.2. The Morgan fingerprint density at radius 3 is 1.30 bits per heavy atom. The van der Waals surface area contributed by atoms with E-state index in [2.05, 4.69) is 6.92 Å². The summed E-state index contributed by atoms with van der Waals surface area (Å²) < 4.78 is 33.2. The van der Waals surface area contributed by atoms with Gasteiger partial charge in [-0.1, -0.05) is 161 Å². The Bertz CT molecular complexity index is 716. The van der Waals surface area contributed by atoms with Gasteiger partial charge in [0.2, 0.25) is 0 Å². The van der Waals surface area contributed by atoms with Gasteiger partial charge in [-0.15, -0.1) is 0 Å². The van der Waals surface area contributed by atoms with Crippen molar-refractivity contribution < 1.29 is 37.3 Å². The van der Waals surface area contributed by atoms with Crippen LogP contribution >= 0.6 is 7.82 Å². The Kier molecular flexibility index (Phi) is 31.4. The topological polar surface area (TPSA) is 94.1 Å². The summed E-state index contributed by atoms with van der Waals surface area (Å²) in [7, 11) is 1.36. The molecule has 0 aliphatic carbocycles. The summed E-state index contributed by atoms with van der Waals surface area (Å²) >= 11 is 0. The Morgan fingerprint density at radius 1 is 0.587 bits per heavy atom. The SMILES string of the molecule is CCCCCCCCCCCCCCCCCCCCCCCCCCCOCC(COP(=O)([O-])OCC[N+](C)(C)C)OC(C)=O. The first kappa shape index (κ1) is 45.5. The summed E-state index contributed by atoms with van der Waals surface area (Å²) in [6, 6.07) is 0. The van der Waals surface area contributed by atoms with E-state index in [9.17, 15) is 14.3 Å². The van der Waals surface area contributed by atoms with Crippen molar-refractivity contribution in [2.45, 2.75) is 180 Å². The number of hydrogen-bond donors (Lipinski definition) is 0. The molecule has 0 N–H and O–H groups in total. The molecule has 2 atom stereocenters. The standard InChI is InChI=1S/C37H76NO7P/c1-6-7-8-9-10-11-12-13-14-15-16-17-18-19-20-21-22-23-24-25-26-27-28-29-30-32-42-34-37(45-36(2)39)35-44-46(40,41)43-33-31-38(3,4)5/h37H,6-35H2,1-5H3. The van der Waals surface area contributed by atoms with Gasteiger partial charge in [-0.3, -0.25) is 9.36 Å². The predicted octanol–water partition coefficient (Wildman–Crippen LogP) is 9.91. The second-order valence-electron chi connectivity index (χ2n) is 14.4. The first-order valence-corrected chi connectivity index (χ1v) is 20.7. The largest absolute Gasteiger partial charge is 0.756 e. The third-order valence-electron chi connectivity index (χ3n) is 8.46. The van der Waals surface area contributed by atoms with Crippen molar-refractivity contribution in [3.8, 4) is 0 Å². The van der Waals surface area contributed by atoms with Crippen LogP contribution in [0.5, 0.6) is 0 Å². The van der Waals surface area contributed by atoms with Gasteiger partial charge in [0.1, 0.15) is 19.3 Å². The highest BCUT2D eigenvalue weighted by atomic mass is 31.2. The summed E-state index contributed by atoms with van der Waals surface area (Å²) in [6.07, 6.45) is 33.4. The van der Waals surface area contributed by atoms with Crippen molar-refractivity contribution in [3.05, 3.63) is 0 Å². The smallest absolute Gasteiger partial charge is 0.303 e. The molecule has 0 amide bonds. The summed E-state index contributed by atoms with van der Waals surface area (Å²) in [4.78, 5) is 23.4. The normalized spacial score (nSPS) is 14.0. The fraction of sp³-hybridized carbons (Fsp3) is 0.973. The third kappa shape index (κ3) is 36.3. The van der Waals surface area contributed by atoms with Crippen molar-refractivity contribution >= 4 is 13.8 Å². The summed E-state index contributed by atoms with van der Waals surface area (Å²) in [5, 5.41) is 0. The molecule has 0 fully saturated rings. The van der Waals surface area contributed by atoms with Crippen LogP contribution in [0.2, 0.25) is 0 Å². The molecule has 0 aromatic rings. The number of hydrogen-bond acceptors (Lipinski definition) is 7. The van der Waals surface area contributed by atoms with Crippen LogP contribution in [0.4, 0.5) is 0 Å². The highest BCUT2D eigenvalue weighted by Gasteiger charge is 2.19. The fourth-order valence-electron chi connectivity index (χ4n) is 5.55. The highest BCUT2D eigenvalue weighted by molar-refractivity contribution is 7.45. The molecular weight excluding hydrogens is 601 g/mol. The van der Waals surface area contributed by atoms with Gasteiger partial charge in [-0.05, 0) is 6.42 Å². The average molecular weight is 678 g/mol. The molecule has 46 heavy (non-hydrogen) atoms. The third-order valence-corrected chi connectivity index (χ3v) is 9.42. The molecule has 0 heterocycles. The van der Waals surface area contributed by atoms with E-state index >= 15 is 0 Å². The Balaban J connectivity index is 3.50. The summed E-state index contributed by atoms with van der Waals surface area (Å²) in [5.74, 6) is -0.506. The first-order valence-electron chi connectivity index (χ1n) is 19.2. The maximum absolute atomic E-state index is 12.0. The minimum Gasteiger partial charge on any atom is -0.756 e. The monoisotopic (exact) mass is 678 g/mol. The number of carbonyl (C=O) groups excluding carboxylic acids is 1. The first-order chi connectivity index (χ1) is 22.1. The van der Waals surface area contributed by atoms with E-state index < -0.39 is 19.9 Å². The van der Waals surface area contributed by atoms with Crippen LogP contribution in [-0.2, 0) is 27.9 Å². The molecule has 9 heteroatoms. The lowest BCUT2D eigenvalue weighted by molar-refractivity contribution is -0.870. The van der Waals surface area contributed by atoms with Crippen LogP contribution < -0.4 is 4.89 Å². The molecule has 0 aliphatic heterocycles. The lowest BCUT2D eigenvalue weighted by Gasteiger charge is -2.28. The average Bonchev–Trinajstić information content (AvgIpc) is 2.98. The van der Waals surface area contributed by atoms with Gasteiger partial charge in [0, 0.05) is 13.5 Å². The second kappa shape index (κ2) is 31.7. The highest BCUT2D eigenvalue weighted by Crippen LogP contribution is 2.38. The van der Waals surface area contributed by atoms with Gasteiger partial charge in [-0.25, -0.2) is 0 Å². The molecule has 0 saturated carbocycles. The predicted molar refractivity (Wildman–Crippen MR) is 190 cm³/mol. The molecule has 0 saturated heterocycles. The number of esters is 1. The molecular formula is C37H76NO7P. The van der Waals surface area contributed by atoms with Crippen molar-refractivity contribution in [1.82, 2.24) is 0 Å². The van der Waals surface area contributed by atoms with Gasteiger partial charge >= 0.3 is 5.97 Å². The Hall–Kier alpha value is -0.500.